The maximum Gasteiger partial charge on any atom is 0.222 e. The first-order chi connectivity index (χ1) is 6.18. The number of carbonyl (C=O) groups excluding carboxylic acids is 2. The van der Waals surface area contributed by atoms with Gasteiger partial charge >= 0.3 is 0 Å². The molecule has 1 aliphatic carbocycles. The molecule has 1 saturated heterocycles. The third-order valence-corrected chi connectivity index (χ3v) is 3.93. The molecule has 70 valence electrons. The largest absolute Gasteiger partial charge is 0.369 e. The normalized spacial score (nSPS) is 32.6. The van der Waals surface area contributed by atoms with E-state index in [2.05, 4.69) is 0 Å². The van der Waals surface area contributed by atoms with Crippen LogP contribution in [0.15, 0.2) is 11.0 Å². The van der Waals surface area contributed by atoms with Crippen molar-refractivity contribution in [1.29, 1.82) is 0 Å². The molecule has 1 heterocycles. The predicted octanol–water partition coefficient (Wildman–Crippen LogP) is 0.698. The molecule has 13 heavy (non-hydrogen) atoms. The maximum absolute atomic E-state index is 11.1. The van der Waals surface area contributed by atoms with E-state index >= 15 is 0 Å². The monoisotopic (exact) mass is 197 g/mol. The van der Waals surface area contributed by atoms with Crippen LogP contribution in [0.1, 0.15) is 12.8 Å². The van der Waals surface area contributed by atoms with Crippen molar-refractivity contribution in [3.63, 3.8) is 0 Å². The van der Waals surface area contributed by atoms with Gasteiger partial charge in [0.05, 0.1) is 5.92 Å². The second-order valence-electron chi connectivity index (χ2n) is 3.48. The lowest BCUT2D eigenvalue weighted by Crippen LogP contribution is -2.29. The summed E-state index contributed by atoms with van der Waals surface area (Å²) in [5.74, 6) is 0.891. The Bertz CT molecular complexity index is 298. The number of allylic oxidation sites excluding steroid dienone is 2. The Morgan fingerprint density at radius 2 is 2.38 bits per heavy atom. The average Bonchev–Trinajstić information content (AvgIpc) is 2.46. The number of hydrogen-bond donors (Lipinski definition) is 1. The van der Waals surface area contributed by atoms with Crippen molar-refractivity contribution < 1.29 is 9.59 Å². The van der Waals surface area contributed by atoms with E-state index in [4.69, 9.17) is 5.73 Å². The summed E-state index contributed by atoms with van der Waals surface area (Å²) < 4.78 is 0. The molecule has 2 rings (SSSR count). The number of hydrogen-bond acceptors (Lipinski definition) is 3. The molecule has 0 radical (unpaired) electrons. The molecule has 4 heteroatoms. The van der Waals surface area contributed by atoms with E-state index in [9.17, 15) is 9.59 Å². The quantitative estimate of drug-likeness (QED) is 0.673. The summed E-state index contributed by atoms with van der Waals surface area (Å²) in [4.78, 5) is 23.2. The number of amides is 1. The van der Waals surface area contributed by atoms with Crippen molar-refractivity contribution >= 4 is 23.5 Å². The van der Waals surface area contributed by atoms with Crippen molar-refractivity contribution in [3.05, 3.63) is 11.0 Å². The van der Waals surface area contributed by atoms with E-state index in [0.717, 1.165) is 17.1 Å². The minimum atomic E-state index is -0.227. The summed E-state index contributed by atoms with van der Waals surface area (Å²) >= 11 is 1.61. The average molecular weight is 197 g/mol. The van der Waals surface area contributed by atoms with Gasteiger partial charge in [0.25, 0.3) is 0 Å². The number of carbonyl (C=O) groups is 2. The highest BCUT2D eigenvalue weighted by atomic mass is 32.2. The number of primary amides is 1. The van der Waals surface area contributed by atoms with Gasteiger partial charge in [-0.25, -0.2) is 0 Å². The Kier molecular flexibility index (Phi) is 2.15. The van der Waals surface area contributed by atoms with Gasteiger partial charge in [-0.1, -0.05) is 0 Å². The highest BCUT2D eigenvalue weighted by molar-refractivity contribution is 8.03. The van der Waals surface area contributed by atoms with Gasteiger partial charge in [-0.05, 0) is 17.4 Å². The second-order valence-corrected chi connectivity index (χ2v) is 4.57. The van der Waals surface area contributed by atoms with Crippen LogP contribution in [0.25, 0.3) is 0 Å². The smallest absolute Gasteiger partial charge is 0.222 e. The Labute approximate surface area is 80.7 Å². The Morgan fingerprint density at radius 1 is 1.62 bits per heavy atom. The van der Waals surface area contributed by atoms with Crippen LogP contribution in [0.5, 0.6) is 0 Å². The molecule has 0 spiro atoms. The fourth-order valence-corrected chi connectivity index (χ4v) is 3.39. The van der Waals surface area contributed by atoms with Crippen LogP contribution in [0.4, 0.5) is 0 Å². The van der Waals surface area contributed by atoms with Gasteiger partial charge in [-0.15, -0.1) is 11.8 Å². The van der Waals surface area contributed by atoms with Crippen LogP contribution in [0, 0.1) is 11.8 Å². The molecule has 0 aromatic heterocycles. The van der Waals surface area contributed by atoms with E-state index in [1.165, 1.54) is 0 Å². The summed E-state index contributed by atoms with van der Waals surface area (Å²) in [6.07, 6.45) is 3.05. The molecule has 3 nitrogen and oxygen atoms in total. The topological polar surface area (TPSA) is 60.2 Å². The third-order valence-electron chi connectivity index (χ3n) is 2.65. The van der Waals surface area contributed by atoms with Gasteiger partial charge in [0, 0.05) is 18.1 Å². The number of thioether (sulfide) groups is 1. The summed E-state index contributed by atoms with van der Waals surface area (Å²) in [5.41, 5.74) is 5.27. The standard InChI is InChI=1S/C9H11NO2S/c10-9(12)7-4-13-8-3-5(11)1-2-6(7)8/h3,6-7H,1-2,4H2,(H2,10,12). The molecule has 2 N–H and O–H groups in total. The molecule has 0 saturated carbocycles. The Hall–Kier alpha value is -0.770. The lowest BCUT2D eigenvalue weighted by atomic mass is 9.85. The molecule has 2 unspecified atom stereocenters. The van der Waals surface area contributed by atoms with Crippen LogP contribution in [0.2, 0.25) is 0 Å². The third kappa shape index (κ3) is 1.50. The van der Waals surface area contributed by atoms with Gasteiger partial charge in [0.1, 0.15) is 0 Å². The zero-order valence-corrected chi connectivity index (χ0v) is 7.97. The van der Waals surface area contributed by atoms with Gasteiger partial charge in [0.2, 0.25) is 5.91 Å². The van der Waals surface area contributed by atoms with Gasteiger partial charge in [0.15, 0.2) is 5.78 Å². The summed E-state index contributed by atoms with van der Waals surface area (Å²) in [7, 11) is 0. The molecule has 2 atom stereocenters. The fourth-order valence-electron chi connectivity index (χ4n) is 1.91. The highest BCUT2D eigenvalue weighted by Gasteiger charge is 2.38. The van der Waals surface area contributed by atoms with Crippen LogP contribution in [-0.4, -0.2) is 17.4 Å². The van der Waals surface area contributed by atoms with E-state index in [0.29, 0.717) is 6.42 Å². The molecular weight excluding hydrogens is 186 g/mol. The van der Waals surface area contributed by atoms with E-state index in [1.807, 2.05) is 0 Å². The van der Waals surface area contributed by atoms with Gasteiger partial charge in [-0.3, -0.25) is 9.59 Å². The maximum atomic E-state index is 11.1. The van der Waals surface area contributed by atoms with Crippen LogP contribution in [-0.2, 0) is 9.59 Å². The lowest BCUT2D eigenvalue weighted by Gasteiger charge is -2.19. The predicted molar refractivity (Wildman–Crippen MR) is 51.0 cm³/mol. The van der Waals surface area contributed by atoms with Crippen molar-refractivity contribution in [3.8, 4) is 0 Å². The molecule has 2 aliphatic rings. The molecule has 1 amide bonds. The minimum absolute atomic E-state index is 0.0515. The Morgan fingerprint density at radius 3 is 3.08 bits per heavy atom. The Balaban J connectivity index is 2.22. The number of nitrogens with two attached hydrogens (primary N) is 1. The highest BCUT2D eigenvalue weighted by Crippen LogP contribution is 2.44. The van der Waals surface area contributed by atoms with Crippen molar-refractivity contribution in [2.45, 2.75) is 12.8 Å². The second kappa shape index (κ2) is 3.18. The van der Waals surface area contributed by atoms with Crippen LogP contribution >= 0.6 is 11.8 Å². The first kappa shape index (κ1) is 8.81. The molecule has 0 aromatic rings. The summed E-state index contributed by atoms with van der Waals surface area (Å²) in [6, 6.07) is 0. The first-order valence-corrected chi connectivity index (χ1v) is 5.33. The molecule has 1 aliphatic heterocycles. The number of fused-ring (bicyclic) bond motifs is 1. The van der Waals surface area contributed by atoms with Crippen LogP contribution in [0.3, 0.4) is 0 Å². The van der Waals surface area contributed by atoms with Crippen molar-refractivity contribution in [2.75, 3.05) is 5.75 Å². The van der Waals surface area contributed by atoms with Gasteiger partial charge in [-0.2, -0.15) is 0 Å². The first-order valence-electron chi connectivity index (χ1n) is 4.35. The van der Waals surface area contributed by atoms with Gasteiger partial charge < -0.3 is 5.73 Å². The van der Waals surface area contributed by atoms with E-state index in [1.54, 1.807) is 17.8 Å². The van der Waals surface area contributed by atoms with Crippen molar-refractivity contribution in [2.24, 2.45) is 17.6 Å². The molecule has 0 aromatic carbocycles. The summed E-state index contributed by atoms with van der Waals surface area (Å²) in [5, 5.41) is 0. The lowest BCUT2D eigenvalue weighted by molar-refractivity contribution is -0.123. The molecule has 1 fully saturated rings. The summed E-state index contributed by atoms with van der Waals surface area (Å²) in [6.45, 7) is 0. The van der Waals surface area contributed by atoms with E-state index in [-0.39, 0.29) is 23.5 Å². The fraction of sp³-hybridized carbons (Fsp3) is 0.556. The SMILES string of the molecule is NC(=O)C1CSC2=CC(=O)CCC21. The molecular formula is C9H11NO2S. The van der Waals surface area contributed by atoms with Crippen LogP contribution < -0.4 is 5.73 Å². The zero-order valence-electron chi connectivity index (χ0n) is 7.16. The zero-order chi connectivity index (χ0) is 9.42. The number of rotatable bonds is 1. The van der Waals surface area contributed by atoms with E-state index < -0.39 is 0 Å². The minimum Gasteiger partial charge on any atom is -0.369 e. The van der Waals surface area contributed by atoms with Crippen molar-refractivity contribution in [1.82, 2.24) is 0 Å². The number of ketones is 1. The molecule has 0 bridgehead atoms.